The summed E-state index contributed by atoms with van der Waals surface area (Å²) in [4.78, 5) is 30.1. The third kappa shape index (κ3) is 5.23. The summed E-state index contributed by atoms with van der Waals surface area (Å²) in [5.41, 5.74) is 2.04. The molecule has 1 amide bonds. The van der Waals surface area contributed by atoms with Gasteiger partial charge >= 0.3 is 0 Å². The van der Waals surface area contributed by atoms with Crippen molar-refractivity contribution in [3.63, 3.8) is 0 Å². The fourth-order valence-electron chi connectivity index (χ4n) is 3.37. The molecular formula is C25H22FN3O2S. The van der Waals surface area contributed by atoms with Crippen molar-refractivity contribution in [2.75, 3.05) is 12.3 Å². The number of halogens is 1. The van der Waals surface area contributed by atoms with Crippen LogP contribution in [-0.2, 0) is 11.2 Å². The number of carbonyl (C=O) groups is 1. The molecule has 0 saturated carbocycles. The van der Waals surface area contributed by atoms with Crippen LogP contribution in [-0.4, -0.2) is 27.8 Å². The number of carbonyl (C=O) groups excluding carboxylic acids is 1. The fourth-order valence-corrected chi connectivity index (χ4v) is 4.22. The number of aryl methyl sites for hydroxylation is 1. The number of benzene rings is 3. The fraction of sp³-hybridized carbons (Fsp3) is 0.160. The van der Waals surface area contributed by atoms with Gasteiger partial charge < -0.3 is 5.32 Å². The zero-order chi connectivity index (χ0) is 22.3. The highest BCUT2D eigenvalue weighted by molar-refractivity contribution is 7.99. The van der Waals surface area contributed by atoms with E-state index < -0.39 is 0 Å². The van der Waals surface area contributed by atoms with Gasteiger partial charge in [-0.25, -0.2) is 9.37 Å². The minimum atomic E-state index is -0.389. The first-order valence-corrected chi connectivity index (χ1v) is 11.3. The highest BCUT2D eigenvalue weighted by Gasteiger charge is 2.14. The van der Waals surface area contributed by atoms with Crippen LogP contribution < -0.4 is 10.9 Å². The van der Waals surface area contributed by atoms with Crippen LogP contribution in [0.15, 0.2) is 88.8 Å². The first kappa shape index (κ1) is 21.8. The first-order valence-electron chi connectivity index (χ1n) is 10.3. The van der Waals surface area contributed by atoms with E-state index in [1.165, 1.54) is 46.2 Å². The van der Waals surface area contributed by atoms with Gasteiger partial charge in [-0.2, -0.15) is 0 Å². The summed E-state index contributed by atoms with van der Waals surface area (Å²) >= 11 is 1.18. The molecule has 4 aromatic rings. The standard InChI is InChI=1S/C25H22FN3O2S/c26-19-12-14-20(15-13-19)29-24(31)21-10-4-5-11-22(21)28-25(29)32-17-23(30)27-16-6-9-18-7-2-1-3-8-18/h1-5,7-8,10-15H,6,9,16-17H2,(H,27,30). The molecule has 0 unspecified atom stereocenters. The molecule has 0 spiro atoms. The summed E-state index contributed by atoms with van der Waals surface area (Å²) in [6.45, 7) is 0.574. The van der Waals surface area contributed by atoms with Crippen molar-refractivity contribution in [2.24, 2.45) is 0 Å². The maximum absolute atomic E-state index is 13.4. The molecule has 1 heterocycles. The number of hydrogen-bond acceptors (Lipinski definition) is 4. The highest BCUT2D eigenvalue weighted by Crippen LogP contribution is 2.21. The van der Waals surface area contributed by atoms with Crippen LogP contribution >= 0.6 is 11.8 Å². The number of hydrogen-bond donors (Lipinski definition) is 1. The Hall–Kier alpha value is -3.45. The molecule has 0 radical (unpaired) electrons. The van der Waals surface area contributed by atoms with Crippen LogP contribution in [0.25, 0.3) is 16.6 Å². The average Bonchev–Trinajstić information content (AvgIpc) is 2.82. The number of rotatable bonds is 8. The lowest BCUT2D eigenvalue weighted by Gasteiger charge is -2.13. The van der Waals surface area contributed by atoms with Gasteiger partial charge in [-0.1, -0.05) is 54.2 Å². The van der Waals surface area contributed by atoms with Crippen molar-refractivity contribution < 1.29 is 9.18 Å². The van der Waals surface area contributed by atoms with E-state index >= 15 is 0 Å². The number of thioether (sulfide) groups is 1. The van der Waals surface area contributed by atoms with Crippen molar-refractivity contribution in [2.45, 2.75) is 18.0 Å². The van der Waals surface area contributed by atoms with Gasteiger partial charge in [0.1, 0.15) is 5.82 Å². The predicted molar refractivity (Wildman–Crippen MR) is 126 cm³/mol. The van der Waals surface area contributed by atoms with Crippen LogP contribution in [0.1, 0.15) is 12.0 Å². The summed E-state index contributed by atoms with van der Waals surface area (Å²) in [6.07, 6.45) is 1.74. The second-order valence-corrected chi connectivity index (χ2v) is 8.20. The second-order valence-electron chi connectivity index (χ2n) is 7.26. The number of aromatic nitrogens is 2. The molecule has 5 nitrogen and oxygen atoms in total. The summed E-state index contributed by atoms with van der Waals surface area (Å²) in [6, 6.07) is 22.8. The monoisotopic (exact) mass is 447 g/mol. The van der Waals surface area contributed by atoms with Gasteiger partial charge in [0.2, 0.25) is 5.91 Å². The summed E-state index contributed by atoms with van der Waals surface area (Å²) in [5, 5.41) is 3.77. The van der Waals surface area contributed by atoms with Crippen molar-refractivity contribution in [1.29, 1.82) is 0 Å². The lowest BCUT2D eigenvalue weighted by molar-refractivity contribution is -0.118. The molecule has 0 fully saturated rings. The molecule has 0 atom stereocenters. The molecule has 32 heavy (non-hydrogen) atoms. The first-order chi connectivity index (χ1) is 15.6. The Labute approximate surface area is 189 Å². The van der Waals surface area contributed by atoms with Gasteiger partial charge in [-0.05, 0) is 54.8 Å². The van der Waals surface area contributed by atoms with Crippen LogP contribution in [0, 0.1) is 5.82 Å². The topological polar surface area (TPSA) is 64.0 Å². The quantitative estimate of drug-likeness (QED) is 0.248. The second kappa shape index (κ2) is 10.2. The zero-order valence-corrected chi connectivity index (χ0v) is 18.1. The number of amides is 1. The largest absolute Gasteiger partial charge is 0.355 e. The maximum Gasteiger partial charge on any atom is 0.266 e. The van der Waals surface area contributed by atoms with E-state index in [1.54, 1.807) is 18.2 Å². The minimum Gasteiger partial charge on any atom is -0.355 e. The van der Waals surface area contributed by atoms with Gasteiger partial charge in [-0.15, -0.1) is 0 Å². The normalized spacial score (nSPS) is 10.9. The van der Waals surface area contributed by atoms with Crippen LogP contribution in [0.5, 0.6) is 0 Å². The van der Waals surface area contributed by atoms with Crippen LogP contribution in [0.4, 0.5) is 4.39 Å². The third-order valence-corrected chi connectivity index (χ3v) is 5.91. The molecule has 0 aliphatic rings. The van der Waals surface area contributed by atoms with E-state index in [0.717, 1.165) is 12.8 Å². The highest BCUT2D eigenvalue weighted by atomic mass is 32.2. The van der Waals surface area contributed by atoms with Gasteiger partial charge in [-0.3, -0.25) is 14.2 Å². The zero-order valence-electron chi connectivity index (χ0n) is 17.3. The number of nitrogens with one attached hydrogen (secondary N) is 1. The summed E-state index contributed by atoms with van der Waals surface area (Å²) < 4.78 is 14.8. The van der Waals surface area contributed by atoms with Crippen molar-refractivity contribution in [3.05, 3.63) is 101 Å². The Morgan fingerprint density at radius 2 is 1.69 bits per heavy atom. The van der Waals surface area contributed by atoms with E-state index in [1.807, 2.05) is 24.3 Å². The lowest BCUT2D eigenvalue weighted by Crippen LogP contribution is -2.27. The molecule has 3 aromatic carbocycles. The van der Waals surface area contributed by atoms with Crippen molar-refractivity contribution in [3.8, 4) is 5.69 Å². The minimum absolute atomic E-state index is 0.122. The molecule has 0 bridgehead atoms. The smallest absolute Gasteiger partial charge is 0.266 e. The number of fused-ring (bicyclic) bond motifs is 1. The number of para-hydroxylation sites is 1. The average molecular weight is 448 g/mol. The lowest BCUT2D eigenvalue weighted by atomic mass is 10.1. The molecule has 7 heteroatoms. The maximum atomic E-state index is 13.4. The van der Waals surface area contributed by atoms with Gasteiger partial charge in [0.25, 0.3) is 5.56 Å². The summed E-state index contributed by atoms with van der Waals surface area (Å²) in [7, 11) is 0. The molecule has 0 aliphatic carbocycles. The Morgan fingerprint density at radius 1 is 0.969 bits per heavy atom. The molecule has 0 saturated heterocycles. The predicted octanol–water partition coefficient (Wildman–Crippen LogP) is 4.37. The third-order valence-electron chi connectivity index (χ3n) is 4.97. The molecule has 4 rings (SSSR count). The Kier molecular flexibility index (Phi) is 6.97. The van der Waals surface area contributed by atoms with Crippen LogP contribution in [0.2, 0.25) is 0 Å². The van der Waals surface area contributed by atoms with E-state index in [2.05, 4.69) is 22.4 Å². The Balaban J connectivity index is 1.47. The van der Waals surface area contributed by atoms with E-state index in [-0.39, 0.29) is 23.0 Å². The molecular weight excluding hydrogens is 425 g/mol. The van der Waals surface area contributed by atoms with E-state index in [9.17, 15) is 14.0 Å². The summed E-state index contributed by atoms with van der Waals surface area (Å²) in [5.74, 6) is -0.395. The molecule has 1 aromatic heterocycles. The number of nitrogens with zero attached hydrogens (tertiary/aromatic N) is 2. The molecule has 0 aliphatic heterocycles. The van der Waals surface area contributed by atoms with E-state index in [0.29, 0.717) is 28.3 Å². The molecule has 1 N–H and O–H groups in total. The van der Waals surface area contributed by atoms with Gasteiger partial charge in [0.05, 0.1) is 22.3 Å². The SMILES string of the molecule is O=C(CSc1nc2ccccc2c(=O)n1-c1ccc(F)cc1)NCCCc1ccccc1. The van der Waals surface area contributed by atoms with Crippen molar-refractivity contribution in [1.82, 2.24) is 14.9 Å². The Morgan fingerprint density at radius 3 is 2.47 bits per heavy atom. The van der Waals surface area contributed by atoms with Gasteiger partial charge in [0.15, 0.2) is 5.16 Å². The Bertz CT molecular complexity index is 1270. The van der Waals surface area contributed by atoms with Crippen molar-refractivity contribution >= 4 is 28.6 Å². The van der Waals surface area contributed by atoms with E-state index in [4.69, 9.17) is 0 Å². The molecule has 162 valence electrons. The van der Waals surface area contributed by atoms with Crippen LogP contribution in [0.3, 0.4) is 0 Å². The van der Waals surface area contributed by atoms with Gasteiger partial charge in [0, 0.05) is 6.54 Å².